The van der Waals surface area contributed by atoms with Crippen LogP contribution in [0.5, 0.6) is 5.75 Å². The summed E-state index contributed by atoms with van der Waals surface area (Å²) in [6.45, 7) is 2.63. The zero-order valence-corrected chi connectivity index (χ0v) is 10.8. The molecule has 2 N–H and O–H groups in total. The maximum atomic E-state index is 11.5. The third-order valence-electron chi connectivity index (χ3n) is 2.51. The highest BCUT2D eigenvalue weighted by molar-refractivity contribution is 5.75. The molecular weight excluding hydrogens is 230 g/mol. The molecular formula is C14H21NO3. The molecule has 0 heterocycles. The minimum Gasteiger partial charge on any atom is -0.490 e. The van der Waals surface area contributed by atoms with Crippen LogP contribution < -0.4 is 10.5 Å². The fourth-order valence-electron chi connectivity index (χ4n) is 1.47. The van der Waals surface area contributed by atoms with Gasteiger partial charge in [-0.3, -0.25) is 4.79 Å². The molecule has 0 aliphatic heterocycles. The van der Waals surface area contributed by atoms with Gasteiger partial charge in [0.25, 0.3) is 0 Å². The van der Waals surface area contributed by atoms with Gasteiger partial charge in [0.2, 0.25) is 0 Å². The van der Waals surface area contributed by atoms with Crippen LogP contribution in [0.25, 0.3) is 0 Å². The number of hydrogen-bond donors (Lipinski definition) is 1. The zero-order valence-electron chi connectivity index (χ0n) is 10.8. The van der Waals surface area contributed by atoms with Crippen molar-refractivity contribution in [3.63, 3.8) is 0 Å². The van der Waals surface area contributed by atoms with Crippen LogP contribution in [0.3, 0.4) is 0 Å². The lowest BCUT2D eigenvalue weighted by Gasteiger charge is -2.11. The van der Waals surface area contributed by atoms with Crippen molar-refractivity contribution in [3.8, 4) is 5.75 Å². The number of carbonyl (C=O) groups excluding carboxylic acids is 1. The van der Waals surface area contributed by atoms with Crippen molar-refractivity contribution in [1.29, 1.82) is 0 Å². The number of hydrogen-bond acceptors (Lipinski definition) is 4. The Labute approximate surface area is 108 Å². The van der Waals surface area contributed by atoms with E-state index in [0.717, 1.165) is 18.6 Å². The SMILES string of the molecule is CCCC[C@H](N)C(=O)OCCOc1ccccc1. The largest absolute Gasteiger partial charge is 0.490 e. The van der Waals surface area contributed by atoms with Crippen molar-refractivity contribution in [3.05, 3.63) is 30.3 Å². The van der Waals surface area contributed by atoms with Gasteiger partial charge in [0.1, 0.15) is 25.0 Å². The Bertz CT molecular complexity index is 340. The van der Waals surface area contributed by atoms with E-state index < -0.39 is 6.04 Å². The van der Waals surface area contributed by atoms with E-state index >= 15 is 0 Å². The van der Waals surface area contributed by atoms with E-state index in [4.69, 9.17) is 15.2 Å². The first-order chi connectivity index (χ1) is 8.74. The molecule has 1 aromatic carbocycles. The highest BCUT2D eigenvalue weighted by atomic mass is 16.6. The number of ether oxygens (including phenoxy) is 2. The highest BCUT2D eigenvalue weighted by Gasteiger charge is 2.13. The number of nitrogens with two attached hydrogens (primary N) is 1. The molecule has 0 saturated carbocycles. The Kier molecular flexibility index (Phi) is 6.87. The van der Waals surface area contributed by atoms with Gasteiger partial charge in [-0.05, 0) is 18.6 Å². The third-order valence-corrected chi connectivity index (χ3v) is 2.51. The maximum absolute atomic E-state index is 11.5. The fourth-order valence-corrected chi connectivity index (χ4v) is 1.47. The smallest absolute Gasteiger partial charge is 0.323 e. The molecule has 0 radical (unpaired) electrons. The van der Waals surface area contributed by atoms with Gasteiger partial charge in [0.15, 0.2) is 0 Å². The average Bonchev–Trinajstić information content (AvgIpc) is 2.41. The maximum Gasteiger partial charge on any atom is 0.323 e. The van der Waals surface area contributed by atoms with Gasteiger partial charge in [-0.1, -0.05) is 38.0 Å². The number of carbonyl (C=O) groups is 1. The standard InChI is InChI=1S/C14H21NO3/c1-2-3-9-13(15)14(16)18-11-10-17-12-7-5-4-6-8-12/h4-8,13H,2-3,9-11,15H2,1H3/t13-/m0/s1. The van der Waals surface area contributed by atoms with Crippen molar-refractivity contribution in [2.75, 3.05) is 13.2 Å². The Morgan fingerprint density at radius 1 is 1.28 bits per heavy atom. The fraction of sp³-hybridized carbons (Fsp3) is 0.500. The molecule has 0 aliphatic carbocycles. The number of para-hydroxylation sites is 1. The summed E-state index contributed by atoms with van der Waals surface area (Å²) >= 11 is 0. The molecule has 0 unspecified atom stereocenters. The summed E-state index contributed by atoms with van der Waals surface area (Å²) in [4.78, 5) is 11.5. The number of unbranched alkanes of at least 4 members (excludes halogenated alkanes) is 1. The predicted molar refractivity (Wildman–Crippen MR) is 70.4 cm³/mol. The molecule has 100 valence electrons. The van der Waals surface area contributed by atoms with Gasteiger partial charge in [-0.2, -0.15) is 0 Å². The number of esters is 1. The summed E-state index contributed by atoms with van der Waals surface area (Å²) in [5, 5.41) is 0. The molecule has 0 fully saturated rings. The van der Waals surface area contributed by atoms with Crippen molar-refractivity contribution >= 4 is 5.97 Å². The molecule has 0 amide bonds. The second-order valence-electron chi connectivity index (χ2n) is 4.08. The summed E-state index contributed by atoms with van der Waals surface area (Å²) in [5.41, 5.74) is 5.68. The van der Waals surface area contributed by atoms with Crippen LogP contribution >= 0.6 is 0 Å². The van der Waals surface area contributed by atoms with E-state index in [-0.39, 0.29) is 12.6 Å². The van der Waals surface area contributed by atoms with Crippen LogP contribution in [-0.4, -0.2) is 25.2 Å². The molecule has 0 spiro atoms. The van der Waals surface area contributed by atoms with E-state index in [1.54, 1.807) is 0 Å². The first kappa shape index (κ1) is 14.5. The Morgan fingerprint density at radius 2 is 2.00 bits per heavy atom. The lowest BCUT2D eigenvalue weighted by molar-refractivity contribution is -0.146. The van der Waals surface area contributed by atoms with Crippen LogP contribution in [0, 0.1) is 0 Å². The second kappa shape index (κ2) is 8.53. The molecule has 0 saturated heterocycles. The zero-order chi connectivity index (χ0) is 13.2. The molecule has 1 aromatic rings. The molecule has 0 aromatic heterocycles. The van der Waals surface area contributed by atoms with Gasteiger partial charge >= 0.3 is 5.97 Å². The minimum atomic E-state index is -0.512. The molecule has 0 aliphatic rings. The van der Waals surface area contributed by atoms with E-state index in [1.165, 1.54) is 0 Å². The van der Waals surface area contributed by atoms with Crippen LogP contribution in [-0.2, 0) is 9.53 Å². The van der Waals surface area contributed by atoms with Crippen LogP contribution in [0.15, 0.2) is 30.3 Å². The van der Waals surface area contributed by atoms with Crippen LogP contribution in [0.2, 0.25) is 0 Å². The predicted octanol–water partition coefficient (Wildman–Crippen LogP) is 2.13. The van der Waals surface area contributed by atoms with Gasteiger partial charge in [0, 0.05) is 0 Å². The lowest BCUT2D eigenvalue weighted by Crippen LogP contribution is -2.33. The molecule has 1 atom stereocenters. The molecule has 4 nitrogen and oxygen atoms in total. The monoisotopic (exact) mass is 251 g/mol. The van der Waals surface area contributed by atoms with Crippen molar-refractivity contribution in [2.45, 2.75) is 32.2 Å². The Hall–Kier alpha value is -1.55. The quantitative estimate of drug-likeness (QED) is 0.568. The highest BCUT2D eigenvalue weighted by Crippen LogP contribution is 2.07. The first-order valence-corrected chi connectivity index (χ1v) is 6.34. The Morgan fingerprint density at radius 3 is 2.67 bits per heavy atom. The Balaban J connectivity index is 2.12. The van der Waals surface area contributed by atoms with E-state index in [0.29, 0.717) is 13.0 Å². The topological polar surface area (TPSA) is 61.6 Å². The van der Waals surface area contributed by atoms with Crippen molar-refractivity contribution in [2.24, 2.45) is 5.73 Å². The normalized spacial score (nSPS) is 11.9. The van der Waals surface area contributed by atoms with Crippen LogP contribution in [0.1, 0.15) is 26.2 Å². The number of rotatable bonds is 8. The second-order valence-corrected chi connectivity index (χ2v) is 4.08. The molecule has 4 heteroatoms. The van der Waals surface area contributed by atoms with Crippen molar-refractivity contribution < 1.29 is 14.3 Å². The van der Waals surface area contributed by atoms with Gasteiger partial charge in [-0.25, -0.2) is 0 Å². The minimum absolute atomic E-state index is 0.230. The van der Waals surface area contributed by atoms with Crippen LogP contribution in [0.4, 0.5) is 0 Å². The summed E-state index contributed by atoms with van der Waals surface area (Å²) in [6, 6.07) is 8.90. The molecule has 18 heavy (non-hydrogen) atoms. The summed E-state index contributed by atoms with van der Waals surface area (Å²) in [7, 11) is 0. The average molecular weight is 251 g/mol. The van der Waals surface area contributed by atoms with E-state index in [2.05, 4.69) is 6.92 Å². The molecule has 0 bridgehead atoms. The van der Waals surface area contributed by atoms with Crippen molar-refractivity contribution in [1.82, 2.24) is 0 Å². The summed E-state index contributed by atoms with van der Waals surface area (Å²) in [5.74, 6) is 0.420. The third kappa shape index (κ3) is 5.68. The van der Waals surface area contributed by atoms with E-state index in [9.17, 15) is 4.79 Å². The summed E-state index contributed by atoms with van der Waals surface area (Å²) < 4.78 is 10.4. The first-order valence-electron chi connectivity index (χ1n) is 6.34. The van der Waals surface area contributed by atoms with Gasteiger partial charge < -0.3 is 15.2 Å². The summed E-state index contributed by atoms with van der Waals surface area (Å²) in [6.07, 6.45) is 2.64. The molecule has 1 rings (SSSR count). The number of benzene rings is 1. The van der Waals surface area contributed by atoms with Gasteiger partial charge in [-0.15, -0.1) is 0 Å². The van der Waals surface area contributed by atoms with Gasteiger partial charge in [0.05, 0.1) is 0 Å². The van der Waals surface area contributed by atoms with E-state index in [1.807, 2.05) is 30.3 Å². The lowest BCUT2D eigenvalue weighted by atomic mass is 10.1.